The maximum absolute atomic E-state index is 12.9. The highest BCUT2D eigenvalue weighted by molar-refractivity contribution is 5.99. The molecule has 1 aliphatic heterocycles. The van der Waals surface area contributed by atoms with Crippen LogP contribution in [0.3, 0.4) is 0 Å². The maximum atomic E-state index is 12.9. The van der Waals surface area contributed by atoms with Gasteiger partial charge in [0.2, 0.25) is 0 Å². The summed E-state index contributed by atoms with van der Waals surface area (Å²) in [5.74, 6) is 0. The van der Waals surface area contributed by atoms with Crippen molar-refractivity contribution < 1.29 is 19.2 Å². The van der Waals surface area contributed by atoms with Gasteiger partial charge in [-0.1, -0.05) is 24.3 Å². The van der Waals surface area contributed by atoms with Crippen LogP contribution in [-0.4, -0.2) is 30.5 Å². The molecule has 1 heterocycles. The Morgan fingerprint density at radius 1 is 1.38 bits per heavy atom. The van der Waals surface area contributed by atoms with E-state index in [0.717, 1.165) is 24.2 Å². The van der Waals surface area contributed by atoms with Crippen molar-refractivity contribution in [2.75, 3.05) is 19.7 Å². The Bertz CT molecular complexity index is 543. The van der Waals surface area contributed by atoms with Crippen LogP contribution in [0.5, 0.6) is 0 Å². The summed E-state index contributed by atoms with van der Waals surface area (Å²) in [5, 5.41) is 21.9. The topological polar surface area (TPSA) is 72.7 Å². The molecule has 0 unspecified atom stereocenters. The van der Waals surface area contributed by atoms with Crippen molar-refractivity contribution in [3.63, 3.8) is 0 Å². The molecule has 0 fully saturated rings. The van der Waals surface area contributed by atoms with Gasteiger partial charge in [-0.15, -0.1) is 0 Å². The van der Waals surface area contributed by atoms with Gasteiger partial charge in [0.05, 0.1) is 12.3 Å². The lowest BCUT2D eigenvalue weighted by Gasteiger charge is -2.19. The SMILES string of the molecule is N=C(CO)C1=C([NH2+]Cc2ccccc2C(F)F)CCNC1. The van der Waals surface area contributed by atoms with E-state index in [0.29, 0.717) is 18.7 Å². The molecule has 1 aromatic rings. The normalized spacial score (nSPS) is 15.6. The number of alkyl halides is 2. The molecule has 0 radical (unpaired) electrons. The molecule has 4 nitrogen and oxygen atoms in total. The number of hydrogen-bond donors (Lipinski definition) is 4. The van der Waals surface area contributed by atoms with Gasteiger partial charge in [0, 0.05) is 36.2 Å². The first-order chi connectivity index (χ1) is 10.1. The highest BCUT2D eigenvalue weighted by Crippen LogP contribution is 2.22. The fraction of sp³-hybridized carbons (Fsp3) is 0.400. The lowest BCUT2D eigenvalue weighted by Crippen LogP contribution is -2.81. The number of aliphatic hydroxyl groups is 1. The molecule has 0 bridgehead atoms. The molecule has 0 atom stereocenters. The molecule has 21 heavy (non-hydrogen) atoms. The second-order valence-corrected chi connectivity index (χ2v) is 4.97. The van der Waals surface area contributed by atoms with Crippen LogP contribution in [0.2, 0.25) is 0 Å². The number of nitrogens with one attached hydrogen (secondary N) is 2. The number of rotatable bonds is 6. The largest absolute Gasteiger partial charge is 0.390 e. The van der Waals surface area contributed by atoms with Crippen LogP contribution in [-0.2, 0) is 6.54 Å². The second kappa shape index (κ2) is 7.40. The van der Waals surface area contributed by atoms with Crippen LogP contribution in [0.15, 0.2) is 35.5 Å². The summed E-state index contributed by atoms with van der Waals surface area (Å²) >= 11 is 0. The van der Waals surface area contributed by atoms with Crippen molar-refractivity contribution >= 4 is 5.71 Å². The zero-order chi connectivity index (χ0) is 15.2. The summed E-state index contributed by atoms with van der Waals surface area (Å²) in [7, 11) is 0. The van der Waals surface area contributed by atoms with Gasteiger partial charge in [-0.3, -0.25) is 0 Å². The van der Waals surface area contributed by atoms with Crippen LogP contribution < -0.4 is 10.6 Å². The molecule has 0 saturated carbocycles. The van der Waals surface area contributed by atoms with E-state index >= 15 is 0 Å². The monoisotopic (exact) mass is 296 g/mol. The Hall–Kier alpha value is -1.63. The number of benzene rings is 1. The molecule has 1 aliphatic rings. The third kappa shape index (κ3) is 3.93. The van der Waals surface area contributed by atoms with E-state index in [1.807, 2.05) is 5.32 Å². The van der Waals surface area contributed by atoms with Gasteiger partial charge in [0.1, 0.15) is 12.2 Å². The first-order valence-electron chi connectivity index (χ1n) is 6.94. The number of hydrogen-bond acceptors (Lipinski definition) is 3. The maximum Gasteiger partial charge on any atom is 0.264 e. The molecule has 5 N–H and O–H groups in total. The summed E-state index contributed by atoms with van der Waals surface area (Å²) in [6.45, 7) is 1.45. The van der Waals surface area contributed by atoms with E-state index in [1.54, 1.807) is 18.2 Å². The molecule has 0 aromatic heterocycles. The highest BCUT2D eigenvalue weighted by Gasteiger charge is 2.20. The Balaban J connectivity index is 2.14. The van der Waals surface area contributed by atoms with E-state index in [-0.39, 0.29) is 17.9 Å². The number of halogens is 2. The number of nitrogens with two attached hydrogens (primary N) is 1. The van der Waals surface area contributed by atoms with Gasteiger partial charge in [-0.25, -0.2) is 8.78 Å². The fourth-order valence-corrected chi connectivity index (χ4v) is 2.49. The minimum absolute atomic E-state index is 0.0575. The Morgan fingerprint density at radius 3 is 2.86 bits per heavy atom. The minimum Gasteiger partial charge on any atom is -0.390 e. The highest BCUT2D eigenvalue weighted by atomic mass is 19.3. The van der Waals surface area contributed by atoms with Gasteiger partial charge in [-0.2, -0.15) is 0 Å². The van der Waals surface area contributed by atoms with Gasteiger partial charge < -0.3 is 21.1 Å². The predicted octanol–water partition coefficient (Wildman–Crippen LogP) is 0.947. The van der Waals surface area contributed by atoms with E-state index in [1.165, 1.54) is 6.07 Å². The molecule has 6 heteroatoms. The van der Waals surface area contributed by atoms with Gasteiger partial charge in [-0.05, 0) is 0 Å². The van der Waals surface area contributed by atoms with E-state index in [2.05, 4.69) is 5.32 Å². The van der Waals surface area contributed by atoms with Crippen molar-refractivity contribution in [2.45, 2.75) is 19.4 Å². The second-order valence-electron chi connectivity index (χ2n) is 4.97. The Morgan fingerprint density at radius 2 is 2.14 bits per heavy atom. The molecular formula is C15H20F2N3O+. The van der Waals surface area contributed by atoms with E-state index < -0.39 is 6.43 Å². The van der Waals surface area contributed by atoms with Gasteiger partial charge in [0.15, 0.2) is 0 Å². The third-order valence-corrected chi connectivity index (χ3v) is 3.64. The fourth-order valence-electron chi connectivity index (χ4n) is 2.49. The molecule has 0 amide bonds. The first-order valence-corrected chi connectivity index (χ1v) is 6.94. The zero-order valence-electron chi connectivity index (χ0n) is 11.7. The number of quaternary nitrogens is 1. The lowest BCUT2D eigenvalue weighted by molar-refractivity contribution is -0.626. The summed E-state index contributed by atoms with van der Waals surface area (Å²) in [6.07, 6.45) is -1.74. The Labute approximate surface area is 122 Å². The summed E-state index contributed by atoms with van der Waals surface area (Å²) in [5.41, 5.74) is 2.60. The van der Waals surface area contributed by atoms with Crippen molar-refractivity contribution in [1.82, 2.24) is 5.32 Å². The molecular weight excluding hydrogens is 276 g/mol. The van der Waals surface area contributed by atoms with Gasteiger partial charge >= 0.3 is 0 Å². The summed E-state index contributed by atoms with van der Waals surface area (Å²) in [4.78, 5) is 0. The van der Waals surface area contributed by atoms with Crippen LogP contribution in [0.25, 0.3) is 0 Å². The van der Waals surface area contributed by atoms with Crippen LogP contribution in [0.1, 0.15) is 24.0 Å². The first kappa shape index (κ1) is 15.8. The van der Waals surface area contributed by atoms with Gasteiger partial charge in [0.25, 0.3) is 6.43 Å². The molecule has 0 saturated heterocycles. The lowest BCUT2D eigenvalue weighted by atomic mass is 10.0. The predicted molar refractivity (Wildman–Crippen MR) is 76.4 cm³/mol. The van der Waals surface area contributed by atoms with Crippen molar-refractivity contribution in [3.05, 3.63) is 46.7 Å². The third-order valence-electron chi connectivity index (χ3n) is 3.64. The molecule has 2 rings (SSSR count). The zero-order valence-corrected chi connectivity index (χ0v) is 11.7. The molecule has 1 aromatic carbocycles. The van der Waals surface area contributed by atoms with Crippen molar-refractivity contribution in [2.24, 2.45) is 0 Å². The Kier molecular flexibility index (Phi) is 5.55. The van der Waals surface area contributed by atoms with E-state index in [4.69, 9.17) is 10.5 Å². The summed E-state index contributed by atoms with van der Waals surface area (Å²) < 4.78 is 25.9. The molecule has 0 aliphatic carbocycles. The summed E-state index contributed by atoms with van der Waals surface area (Å²) in [6, 6.07) is 6.52. The van der Waals surface area contributed by atoms with Crippen molar-refractivity contribution in [1.29, 1.82) is 5.41 Å². The van der Waals surface area contributed by atoms with Crippen molar-refractivity contribution in [3.8, 4) is 0 Å². The standard InChI is InChI=1S/C15H19F2N3O/c16-15(17)11-4-2-1-3-10(11)7-20-14-5-6-19-8-12(14)13(18)9-21/h1-4,15,18-21H,5-9H2/p+1. The van der Waals surface area contributed by atoms with Crippen LogP contribution in [0.4, 0.5) is 8.78 Å². The number of aliphatic hydroxyl groups excluding tert-OH is 1. The smallest absolute Gasteiger partial charge is 0.264 e. The minimum atomic E-state index is -2.48. The molecule has 114 valence electrons. The van der Waals surface area contributed by atoms with Crippen LogP contribution in [0, 0.1) is 5.41 Å². The van der Waals surface area contributed by atoms with Crippen LogP contribution >= 0.6 is 0 Å². The molecule has 0 spiro atoms. The average molecular weight is 296 g/mol. The average Bonchev–Trinajstić information content (AvgIpc) is 2.52. The quantitative estimate of drug-likeness (QED) is 0.590. The van der Waals surface area contributed by atoms with E-state index in [9.17, 15) is 8.78 Å².